The van der Waals surface area contributed by atoms with Crippen LogP contribution >= 0.6 is 34.8 Å². The van der Waals surface area contributed by atoms with Gasteiger partial charge in [-0.3, -0.25) is 4.79 Å². The highest BCUT2D eigenvalue weighted by molar-refractivity contribution is 6.45. The number of halogens is 3. The number of unbranched alkanes of at least 4 members (excludes halogenated alkanes) is 2. The van der Waals surface area contributed by atoms with Crippen molar-refractivity contribution in [3.63, 3.8) is 0 Å². The zero-order chi connectivity index (χ0) is 17.7. The van der Waals surface area contributed by atoms with Crippen LogP contribution in [0.4, 0.5) is 0 Å². The molecule has 1 aliphatic carbocycles. The van der Waals surface area contributed by atoms with Gasteiger partial charge in [-0.15, -0.1) is 0 Å². The number of benzene rings is 1. The van der Waals surface area contributed by atoms with Crippen LogP contribution < -0.4 is 4.74 Å². The minimum atomic E-state index is -0.694. The van der Waals surface area contributed by atoms with Gasteiger partial charge >= 0.3 is 5.97 Å². The zero-order valence-electron chi connectivity index (χ0n) is 13.3. The summed E-state index contributed by atoms with van der Waals surface area (Å²) in [6.45, 7) is 2.66. The molecule has 0 amide bonds. The first kappa shape index (κ1) is 19.4. The number of hydrogen-bond donors (Lipinski definition) is 0. The van der Waals surface area contributed by atoms with E-state index in [-0.39, 0.29) is 32.9 Å². The van der Waals surface area contributed by atoms with E-state index in [4.69, 9.17) is 44.3 Å². The normalized spacial score (nSPS) is 19.0. The number of carbonyl (C=O) groups is 2. The van der Waals surface area contributed by atoms with Gasteiger partial charge in [0.25, 0.3) is 6.47 Å². The highest BCUT2D eigenvalue weighted by atomic mass is 35.5. The molecule has 2 rings (SSSR count). The average Bonchev–Trinajstić information content (AvgIpc) is 3.29. The predicted molar refractivity (Wildman–Crippen MR) is 94.2 cm³/mol. The van der Waals surface area contributed by atoms with Gasteiger partial charge in [0.15, 0.2) is 5.75 Å². The Morgan fingerprint density at radius 1 is 1.25 bits per heavy atom. The fourth-order valence-corrected chi connectivity index (χ4v) is 3.43. The second-order valence-corrected chi connectivity index (χ2v) is 7.11. The van der Waals surface area contributed by atoms with Crippen molar-refractivity contribution in [3.8, 4) is 5.75 Å². The number of hydrogen-bond acceptors (Lipinski definition) is 4. The van der Waals surface area contributed by atoms with E-state index in [1.807, 2.05) is 0 Å². The SMILES string of the molecule is CCCCCC1CC1COC(=O)c1c(Cl)c(Cl)cc(Cl)c1OC=O. The lowest BCUT2D eigenvalue weighted by Crippen LogP contribution is -2.11. The number of esters is 1. The molecule has 0 saturated heterocycles. The molecule has 7 heteroatoms. The van der Waals surface area contributed by atoms with Crippen molar-refractivity contribution in [2.45, 2.75) is 39.0 Å². The molecule has 0 aliphatic heterocycles. The van der Waals surface area contributed by atoms with Gasteiger partial charge in [0.1, 0.15) is 5.56 Å². The molecule has 1 aromatic rings. The van der Waals surface area contributed by atoms with Crippen LogP contribution in [-0.4, -0.2) is 19.0 Å². The van der Waals surface area contributed by atoms with E-state index in [1.54, 1.807) is 0 Å². The summed E-state index contributed by atoms with van der Waals surface area (Å²) in [4.78, 5) is 23.0. The van der Waals surface area contributed by atoms with Crippen molar-refractivity contribution in [2.24, 2.45) is 11.8 Å². The maximum atomic E-state index is 12.3. The van der Waals surface area contributed by atoms with Crippen LogP contribution in [0.1, 0.15) is 49.4 Å². The molecule has 0 bridgehead atoms. The summed E-state index contributed by atoms with van der Waals surface area (Å²) in [6, 6.07) is 1.31. The topological polar surface area (TPSA) is 52.6 Å². The lowest BCUT2D eigenvalue weighted by molar-refractivity contribution is -0.120. The molecule has 1 aromatic carbocycles. The van der Waals surface area contributed by atoms with Crippen molar-refractivity contribution in [1.82, 2.24) is 0 Å². The second-order valence-electron chi connectivity index (χ2n) is 5.92. The Morgan fingerprint density at radius 3 is 2.67 bits per heavy atom. The molecule has 0 aromatic heterocycles. The fraction of sp³-hybridized carbons (Fsp3) is 0.529. The van der Waals surface area contributed by atoms with E-state index in [1.165, 1.54) is 31.7 Å². The van der Waals surface area contributed by atoms with Crippen LogP contribution in [0.2, 0.25) is 15.1 Å². The van der Waals surface area contributed by atoms with E-state index >= 15 is 0 Å². The summed E-state index contributed by atoms with van der Waals surface area (Å²) in [5, 5.41) is 0.0706. The Labute approximate surface area is 156 Å². The van der Waals surface area contributed by atoms with Gasteiger partial charge < -0.3 is 9.47 Å². The van der Waals surface area contributed by atoms with Crippen LogP contribution in [0.25, 0.3) is 0 Å². The smallest absolute Gasteiger partial charge is 0.343 e. The largest absolute Gasteiger partial charge is 0.462 e. The summed E-state index contributed by atoms with van der Waals surface area (Å²) >= 11 is 18.0. The molecule has 4 nitrogen and oxygen atoms in total. The van der Waals surface area contributed by atoms with Crippen molar-refractivity contribution >= 4 is 47.2 Å². The number of ether oxygens (including phenoxy) is 2. The molecule has 2 unspecified atom stereocenters. The Morgan fingerprint density at radius 2 is 2.00 bits per heavy atom. The van der Waals surface area contributed by atoms with E-state index in [0.717, 1.165) is 6.42 Å². The monoisotopic (exact) mass is 392 g/mol. The Hall–Kier alpha value is -0.970. The molecule has 132 valence electrons. The lowest BCUT2D eigenvalue weighted by atomic mass is 10.1. The summed E-state index contributed by atoms with van der Waals surface area (Å²) in [7, 11) is 0. The van der Waals surface area contributed by atoms with Gasteiger partial charge in [-0.25, -0.2) is 4.79 Å². The van der Waals surface area contributed by atoms with Gasteiger partial charge in [0.05, 0.1) is 21.7 Å². The summed E-state index contributed by atoms with van der Waals surface area (Å²) in [6.07, 6.45) is 5.86. The molecule has 1 fully saturated rings. The van der Waals surface area contributed by atoms with Crippen molar-refractivity contribution in [1.29, 1.82) is 0 Å². The third-order valence-electron chi connectivity index (χ3n) is 4.17. The molecular weight excluding hydrogens is 375 g/mol. The Kier molecular flexibility index (Phi) is 7.20. The maximum Gasteiger partial charge on any atom is 0.343 e. The molecule has 24 heavy (non-hydrogen) atoms. The number of carbonyl (C=O) groups excluding carboxylic acids is 2. The lowest BCUT2D eigenvalue weighted by Gasteiger charge is -2.12. The second kappa shape index (κ2) is 8.93. The third kappa shape index (κ3) is 4.78. The van der Waals surface area contributed by atoms with Crippen LogP contribution in [0.3, 0.4) is 0 Å². The van der Waals surface area contributed by atoms with Crippen molar-refractivity contribution in [3.05, 3.63) is 26.7 Å². The molecule has 0 spiro atoms. The molecule has 2 atom stereocenters. The van der Waals surface area contributed by atoms with Gasteiger partial charge in [0.2, 0.25) is 0 Å². The van der Waals surface area contributed by atoms with E-state index in [0.29, 0.717) is 18.4 Å². The predicted octanol–water partition coefficient (Wildman–Crippen LogP) is 5.56. The Balaban J connectivity index is 1.99. The van der Waals surface area contributed by atoms with Crippen LogP contribution in [-0.2, 0) is 9.53 Å². The molecule has 0 radical (unpaired) electrons. The van der Waals surface area contributed by atoms with Crippen molar-refractivity contribution in [2.75, 3.05) is 6.61 Å². The maximum absolute atomic E-state index is 12.3. The Bertz CT molecular complexity index is 618. The van der Waals surface area contributed by atoms with Crippen LogP contribution in [0.5, 0.6) is 5.75 Å². The summed E-state index contributed by atoms with van der Waals surface area (Å²) in [5.41, 5.74) is -0.121. The van der Waals surface area contributed by atoms with E-state index in [2.05, 4.69) is 6.92 Å². The number of rotatable bonds is 9. The first-order chi connectivity index (χ1) is 11.5. The van der Waals surface area contributed by atoms with Gasteiger partial charge in [-0.2, -0.15) is 0 Å². The van der Waals surface area contributed by atoms with Gasteiger partial charge in [-0.05, 0) is 24.3 Å². The van der Waals surface area contributed by atoms with E-state index in [9.17, 15) is 9.59 Å². The summed E-state index contributed by atoms with van der Waals surface area (Å²) in [5.74, 6) is 0.171. The van der Waals surface area contributed by atoms with E-state index < -0.39 is 5.97 Å². The first-order valence-electron chi connectivity index (χ1n) is 7.94. The standard InChI is InChI=1S/C17H19Cl3O4/c1-2-3-4-5-10-6-11(10)8-23-17(22)14-15(20)12(18)7-13(19)16(14)24-9-21/h7,9-11H,2-6,8H2,1H3. The quantitative estimate of drug-likeness (QED) is 0.239. The molecular formula is C17H19Cl3O4. The first-order valence-corrected chi connectivity index (χ1v) is 9.07. The minimum Gasteiger partial charge on any atom is -0.462 e. The minimum absolute atomic E-state index is 0.0207. The average molecular weight is 394 g/mol. The summed E-state index contributed by atoms with van der Waals surface area (Å²) < 4.78 is 10.1. The van der Waals surface area contributed by atoms with Gasteiger partial charge in [-0.1, -0.05) is 67.4 Å². The molecule has 1 saturated carbocycles. The van der Waals surface area contributed by atoms with Crippen LogP contribution in [0, 0.1) is 11.8 Å². The molecule has 0 N–H and O–H groups in total. The highest BCUT2D eigenvalue weighted by Gasteiger charge is 2.37. The van der Waals surface area contributed by atoms with Crippen LogP contribution in [0.15, 0.2) is 6.07 Å². The van der Waals surface area contributed by atoms with Gasteiger partial charge in [0, 0.05) is 0 Å². The highest BCUT2D eigenvalue weighted by Crippen LogP contribution is 2.43. The third-order valence-corrected chi connectivity index (χ3v) is 5.24. The van der Waals surface area contributed by atoms with Crippen molar-refractivity contribution < 1.29 is 19.1 Å². The zero-order valence-corrected chi connectivity index (χ0v) is 15.6. The molecule has 1 aliphatic rings. The molecule has 0 heterocycles. The fourth-order valence-electron chi connectivity index (χ4n) is 2.70.